The topological polar surface area (TPSA) is 64.1 Å². The molecule has 3 rings (SSSR count). The van der Waals surface area contributed by atoms with Crippen LogP contribution in [-0.2, 0) is 4.74 Å². The van der Waals surface area contributed by atoms with Crippen molar-refractivity contribution in [2.75, 3.05) is 11.9 Å². The molecule has 0 fully saturated rings. The third-order valence-corrected chi connectivity index (χ3v) is 3.76. The Bertz CT molecular complexity index is 735. The monoisotopic (exact) mass is 299 g/mol. The number of nitrogens with one attached hydrogen (secondary N) is 1. The van der Waals surface area contributed by atoms with Gasteiger partial charge in [0.2, 0.25) is 0 Å². The van der Waals surface area contributed by atoms with E-state index in [2.05, 4.69) is 15.3 Å². The van der Waals surface area contributed by atoms with Crippen LogP contribution in [0.4, 0.5) is 10.9 Å². The zero-order chi connectivity index (χ0) is 14.7. The van der Waals surface area contributed by atoms with Gasteiger partial charge in [0, 0.05) is 6.20 Å². The van der Waals surface area contributed by atoms with Crippen molar-refractivity contribution in [3.8, 4) is 0 Å². The number of rotatable bonds is 4. The zero-order valence-corrected chi connectivity index (χ0v) is 12.2. The molecule has 2 aromatic heterocycles. The van der Waals surface area contributed by atoms with Crippen LogP contribution in [0.5, 0.6) is 0 Å². The van der Waals surface area contributed by atoms with Crippen LogP contribution in [0.1, 0.15) is 17.3 Å². The van der Waals surface area contributed by atoms with Crippen LogP contribution in [0.25, 0.3) is 10.2 Å². The van der Waals surface area contributed by atoms with Crippen molar-refractivity contribution in [2.45, 2.75) is 6.92 Å². The molecule has 6 heteroatoms. The highest BCUT2D eigenvalue weighted by Gasteiger charge is 2.08. The van der Waals surface area contributed by atoms with Crippen molar-refractivity contribution in [3.05, 3.63) is 48.2 Å². The highest BCUT2D eigenvalue weighted by Crippen LogP contribution is 2.27. The third kappa shape index (κ3) is 3.00. The fourth-order valence-electron chi connectivity index (χ4n) is 1.84. The van der Waals surface area contributed by atoms with Crippen LogP contribution in [0.2, 0.25) is 0 Å². The summed E-state index contributed by atoms with van der Waals surface area (Å²) in [6, 6.07) is 11.3. The number of fused-ring (bicyclic) bond motifs is 1. The Morgan fingerprint density at radius 3 is 2.86 bits per heavy atom. The SMILES string of the molecule is CCOC(=O)c1ccc(Nc2nc3ccccc3s2)nc1. The highest BCUT2D eigenvalue weighted by molar-refractivity contribution is 7.22. The minimum atomic E-state index is -0.364. The van der Waals surface area contributed by atoms with Gasteiger partial charge < -0.3 is 10.1 Å². The number of thiazole rings is 1. The Balaban J connectivity index is 1.77. The maximum Gasteiger partial charge on any atom is 0.339 e. The van der Waals surface area contributed by atoms with Crippen LogP contribution >= 0.6 is 11.3 Å². The number of ether oxygens (including phenoxy) is 1. The second-order valence-corrected chi connectivity index (χ2v) is 5.29. The van der Waals surface area contributed by atoms with Crippen LogP contribution in [0.15, 0.2) is 42.6 Å². The molecule has 0 spiro atoms. The molecule has 21 heavy (non-hydrogen) atoms. The summed E-state index contributed by atoms with van der Waals surface area (Å²) in [6.45, 7) is 2.12. The molecule has 0 unspecified atom stereocenters. The Morgan fingerprint density at radius 1 is 1.29 bits per heavy atom. The van der Waals surface area contributed by atoms with Gasteiger partial charge in [0.25, 0.3) is 0 Å². The molecule has 0 bridgehead atoms. The van der Waals surface area contributed by atoms with E-state index in [-0.39, 0.29) is 5.97 Å². The molecule has 1 aromatic carbocycles. The molecule has 0 radical (unpaired) electrons. The summed E-state index contributed by atoms with van der Waals surface area (Å²) in [7, 11) is 0. The number of hydrogen-bond acceptors (Lipinski definition) is 6. The summed E-state index contributed by atoms with van der Waals surface area (Å²) in [5.74, 6) is 0.277. The van der Waals surface area contributed by atoms with Gasteiger partial charge in [0.1, 0.15) is 5.82 Å². The number of pyridine rings is 1. The Morgan fingerprint density at radius 2 is 2.14 bits per heavy atom. The summed E-state index contributed by atoms with van der Waals surface area (Å²) >= 11 is 1.56. The first-order valence-corrected chi connectivity index (χ1v) is 7.33. The molecule has 0 amide bonds. The van der Waals surface area contributed by atoms with Crippen molar-refractivity contribution in [1.29, 1.82) is 0 Å². The first-order chi connectivity index (χ1) is 10.3. The van der Waals surface area contributed by atoms with E-state index in [1.165, 1.54) is 6.20 Å². The van der Waals surface area contributed by atoms with Crippen LogP contribution in [0.3, 0.4) is 0 Å². The van der Waals surface area contributed by atoms with E-state index >= 15 is 0 Å². The Kier molecular flexibility index (Phi) is 3.79. The van der Waals surface area contributed by atoms with Gasteiger partial charge >= 0.3 is 5.97 Å². The average molecular weight is 299 g/mol. The Labute approximate surface area is 125 Å². The lowest BCUT2D eigenvalue weighted by molar-refractivity contribution is 0.0526. The van der Waals surface area contributed by atoms with E-state index in [9.17, 15) is 4.79 Å². The van der Waals surface area contributed by atoms with Gasteiger partial charge in [0.15, 0.2) is 5.13 Å². The second-order valence-electron chi connectivity index (χ2n) is 4.26. The maximum atomic E-state index is 11.5. The van der Waals surface area contributed by atoms with Crippen LogP contribution in [0, 0.1) is 0 Å². The molecule has 5 nitrogen and oxygen atoms in total. The average Bonchev–Trinajstić information content (AvgIpc) is 2.90. The zero-order valence-electron chi connectivity index (χ0n) is 11.4. The third-order valence-electron chi connectivity index (χ3n) is 2.80. The second kappa shape index (κ2) is 5.88. The van der Waals surface area contributed by atoms with Crippen LogP contribution < -0.4 is 5.32 Å². The molecular weight excluding hydrogens is 286 g/mol. The van der Waals surface area contributed by atoms with E-state index in [0.717, 1.165) is 15.3 Å². The van der Waals surface area contributed by atoms with E-state index in [1.807, 2.05) is 24.3 Å². The predicted octanol–water partition coefficient (Wildman–Crippen LogP) is 3.61. The first kappa shape index (κ1) is 13.5. The molecule has 0 aliphatic heterocycles. The van der Waals surface area contributed by atoms with Crippen LogP contribution in [-0.4, -0.2) is 22.5 Å². The number of anilines is 2. The number of aromatic nitrogens is 2. The van der Waals surface area contributed by atoms with Gasteiger partial charge in [-0.25, -0.2) is 14.8 Å². The number of nitrogens with zero attached hydrogens (tertiary/aromatic N) is 2. The van der Waals surface area contributed by atoms with Gasteiger partial charge in [-0.2, -0.15) is 0 Å². The summed E-state index contributed by atoms with van der Waals surface area (Å²) in [5, 5.41) is 3.91. The highest BCUT2D eigenvalue weighted by atomic mass is 32.1. The normalized spacial score (nSPS) is 10.5. The Hall–Kier alpha value is -2.47. The smallest absolute Gasteiger partial charge is 0.339 e. The van der Waals surface area contributed by atoms with Crippen molar-refractivity contribution < 1.29 is 9.53 Å². The fourth-order valence-corrected chi connectivity index (χ4v) is 2.71. The molecule has 106 valence electrons. The molecule has 2 heterocycles. The number of carbonyl (C=O) groups excluding carboxylic acids is 1. The predicted molar refractivity (Wildman–Crippen MR) is 83.1 cm³/mol. The van der Waals surface area contributed by atoms with Gasteiger partial charge in [-0.15, -0.1) is 0 Å². The molecule has 1 N–H and O–H groups in total. The molecule has 0 atom stereocenters. The molecule has 3 aromatic rings. The standard InChI is InChI=1S/C15H13N3O2S/c1-2-20-14(19)10-7-8-13(16-9-10)18-15-17-11-5-3-4-6-12(11)21-15/h3-9H,2H2,1H3,(H,16,17,18). The summed E-state index contributed by atoms with van der Waals surface area (Å²) in [5.41, 5.74) is 1.39. The van der Waals surface area contributed by atoms with E-state index in [0.29, 0.717) is 18.0 Å². The minimum absolute atomic E-state index is 0.352. The number of esters is 1. The lowest BCUT2D eigenvalue weighted by Gasteiger charge is -2.03. The molecular formula is C15H13N3O2S. The number of para-hydroxylation sites is 1. The van der Waals surface area contributed by atoms with E-state index in [1.54, 1.807) is 30.4 Å². The molecule has 0 saturated carbocycles. The largest absolute Gasteiger partial charge is 0.462 e. The number of benzene rings is 1. The van der Waals surface area contributed by atoms with Gasteiger partial charge in [-0.1, -0.05) is 23.5 Å². The van der Waals surface area contributed by atoms with Gasteiger partial charge in [0.05, 0.1) is 22.4 Å². The summed E-state index contributed by atoms with van der Waals surface area (Å²) in [6.07, 6.45) is 1.49. The van der Waals surface area contributed by atoms with E-state index in [4.69, 9.17) is 4.74 Å². The summed E-state index contributed by atoms with van der Waals surface area (Å²) < 4.78 is 6.03. The summed E-state index contributed by atoms with van der Waals surface area (Å²) in [4.78, 5) is 20.2. The molecule has 0 saturated heterocycles. The quantitative estimate of drug-likeness (QED) is 0.746. The van der Waals surface area contributed by atoms with Gasteiger partial charge in [-0.3, -0.25) is 0 Å². The van der Waals surface area contributed by atoms with Crippen molar-refractivity contribution in [3.63, 3.8) is 0 Å². The van der Waals surface area contributed by atoms with Gasteiger partial charge in [-0.05, 0) is 31.2 Å². The maximum absolute atomic E-state index is 11.5. The van der Waals surface area contributed by atoms with E-state index < -0.39 is 0 Å². The number of carbonyl (C=O) groups is 1. The molecule has 0 aliphatic carbocycles. The lowest BCUT2D eigenvalue weighted by atomic mass is 10.3. The van der Waals surface area contributed by atoms with Crippen molar-refractivity contribution in [2.24, 2.45) is 0 Å². The number of hydrogen-bond donors (Lipinski definition) is 1. The first-order valence-electron chi connectivity index (χ1n) is 6.52. The van der Waals surface area contributed by atoms with Crippen molar-refractivity contribution in [1.82, 2.24) is 9.97 Å². The van der Waals surface area contributed by atoms with Crippen molar-refractivity contribution >= 4 is 38.5 Å². The fraction of sp³-hybridized carbons (Fsp3) is 0.133. The minimum Gasteiger partial charge on any atom is -0.462 e. The molecule has 0 aliphatic rings. The lowest BCUT2D eigenvalue weighted by Crippen LogP contribution is -2.05.